The minimum atomic E-state index is -0.564. The van der Waals surface area contributed by atoms with Gasteiger partial charge in [-0.3, -0.25) is 0 Å². The second kappa shape index (κ2) is 17.5. The van der Waals surface area contributed by atoms with Crippen molar-refractivity contribution in [2.45, 2.75) is 18.3 Å². The van der Waals surface area contributed by atoms with Gasteiger partial charge in [0.2, 0.25) is 0 Å². The summed E-state index contributed by atoms with van der Waals surface area (Å²) in [7, 11) is 0. The maximum atomic E-state index is 3.97. The Hall–Kier alpha value is -8.98. The minimum absolute atomic E-state index is 0.564. The molecule has 2 nitrogen and oxygen atoms in total. The van der Waals surface area contributed by atoms with Gasteiger partial charge < -0.3 is 9.80 Å². The van der Waals surface area contributed by atoms with E-state index in [2.05, 4.69) is 271 Å². The molecule has 2 heterocycles. The molecule has 0 N–H and O–H groups in total. The molecule has 2 aliphatic heterocycles. The molecular weight excluding hydrogens is 857 g/mol. The highest BCUT2D eigenvalue weighted by Gasteiger charge is 2.43. The Morgan fingerprint density at radius 2 is 1.01 bits per heavy atom. The molecule has 336 valence electrons. The summed E-state index contributed by atoms with van der Waals surface area (Å²) in [6.45, 7) is 3.97. The first-order valence-corrected chi connectivity index (χ1v) is 24.7. The van der Waals surface area contributed by atoms with Gasteiger partial charge in [-0.15, -0.1) is 0 Å². The second-order valence-corrected chi connectivity index (χ2v) is 18.8. The number of anilines is 5. The Balaban J connectivity index is 0.882. The number of hydrogen-bond acceptors (Lipinski definition) is 2. The van der Waals surface area contributed by atoms with Gasteiger partial charge in [0.05, 0.1) is 22.5 Å². The van der Waals surface area contributed by atoms with Gasteiger partial charge in [0.15, 0.2) is 0 Å². The van der Waals surface area contributed by atoms with E-state index in [-0.39, 0.29) is 0 Å². The molecular formula is C69H50N2. The van der Waals surface area contributed by atoms with Crippen LogP contribution >= 0.6 is 0 Å². The van der Waals surface area contributed by atoms with Crippen LogP contribution in [0.4, 0.5) is 28.4 Å². The van der Waals surface area contributed by atoms with Crippen LogP contribution in [-0.4, -0.2) is 0 Å². The Kier molecular flexibility index (Phi) is 10.4. The fourth-order valence-electron chi connectivity index (χ4n) is 11.5. The van der Waals surface area contributed by atoms with Crippen LogP contribution in [0.25, 0.3) is 63.1 Å². The average Bonchev–Trinajstić information content (AvgIpc) is 3.50. The van der Waals surface area contributed by atoms with E-state index < -0.39 is 5.41 Å². The van der Waals surface area contributed by atoms with Crippen LogP contribution in [0, 0.1) is 0 Å². The summed E-state index contributed by atoms with van der Waals surface area (Å²) in [6, 6.07) is 69.6. The summed E-state index contributed by atoms with van der Waals surface area (Å²) in [5.41, 5.74) is 20.1. The molecule has 2 aliphatic carbocycles. The standard InChI is InChI=1S/C69H50N2/c1-2-3-4-16-43-69(56-21-6-5-7-22-56)63-45-49(30-40-61(63)62-42-38-58(47-64(62)69)71-67-25-14-10-19-52(67)33-34-53-20-11-15-26-68(53)71)28-27-48-29-39-59-54(44-48)35-36-55-46-57(37-41-60(55)59)70-65-23-12-8-17-50(65)31-32-51-18-9-13-24-66(51)70/h2-14,16-25,27-47H,1,15,26H2/b4-3-,28-27+,43-16+. The van der Waals surface area contributed by atoms with Crippen molar-refractivity contribution < 1.29 is 0 Å². The zero-order valence-corrected chi connectivity index (χ0v) is 39.4. The lowest BCUT2D eigenvalue weighted by Crippen LogP contribution is -2.25. The maximum Gasteiger partial charge on any atom is 0.0648 e. The molecule has 1 unspecified atom stereocenters. The van der Waals surface area contributed by atoms with Crippen molar-refractivity contribution in [1.29, 1.82) is 0 Å². The molecule has 0 saturated heterocycles. The van der Waals surface area contributed by atoms with Gasteiger partial charge in [0.1, 0.15) is 0 Å². The average molecular weight is 907 g/mol. The number of para-hydroxylation sites is 3. The van der Waals surface area contributed by atoms with Crippen molar-refractivity contribution >= 4 is 80.4 Å². The van der Waals surface area contributed by atoms with Crippen LogP contribution in [0.5, 0.6) is 0 Å². The van der Waals surface area contributed by atoms with Crippen LogP contribution in [0.2, 0.25) is 0 Å². The molecule has 0 fully saturated rings. The lowest BCUT2D eigenvalue weighted by atomic mass is 9.71. The van der Waals surface area contributed by atoms with E-state index in [1.54, 1.807) is 0 Å². The summed E-state index contributed by atoms with van der Waals surface area (Å²) in [5.74, 6) is 0. The van der Waals surface area contributed by atoms with E-state index in [1.165, 1.54) is 100 Å². The highest BCUT2D eigenvalue weighted by Crippen LogP contribution is 2.56. The highest BCUT2D eigenvalue weighted by molar-refractivity contribution is 6.09. The van der Waals surface area contributed by atoms with E-state index in [4.69, 9.17) is 0 Å². The van der Waals surface area contributed by atoms with E-state index >= 15 is 0 Å². The second-order valence-electron chi connectivity index (χ2n) is 18.8. The Labute approximate surface area is 416 Å². The van der Waals surface area contributed by atoms with Crippen LogP contribution in [0.15, 0.2) is 255 Å². The summed E-state index contributed by atoms with van der Waals surface area (Å²) < 4.78 is 0. The Morgan fingerprint density at radius 3 is 1.73 bits per heavy atom. The topological polar surface area (TPSA) is 6.48 Å². The van der Waals surface area contributed by atoms with Crippen LogP contribution in [0.1, 0.15) is 57.3 Å². The molecule has 0 bridgehead atoms. The highest BCUT2D eigenvalue weighted by atomic mass is 15.2. The van der Waals surface area contributed by atoms with Crippen molar-refractivity contribution in [2.75, 3.05) is 9.80 Å². The molecule has 0 radical (unpaired) electrons. The molecule has 0 aromatic heterocycles. The normalized spacial score (nSPS) is 16.6. The molecule has 9 aromatic rings. The van der Waals surface area contributed by atoms with Crippen molar-refractivity contribution in [1.82, 2.24) is 0 Å². The fraction of sp³-hybridized carbons (Fsp3) is 0.0435. The first-order chi connectivity index (χ1) is 35.1. The van der Waals surface area contributed by atoms with E-state index in [1.807, 2.05) is 12.2 Å². The Bertz CT molecular complexity index is 3800. The van der Waals surface area contributed by atoms with Gasteiger partial charge in [-0.1, -0.05) is 219 Å². The first kappa shape index (κ1) is 42.1. The zero-order chi connectivity index (χ0) is 47.3. The maximum absolute atomic E-state index is 3.97. The third-order valence-corrected chi connectivity index (χ3v) is 14.8. The van der Waals surface area contributed by atoms with Gasteiger partial charge in [0, 0.05) is 17.1 Å². The molecule has 13 rings (SSSR count). The number of fused-ring (bicyclic) bond motifs is 9. The van der Waals surface area contributed by atoms with E-state index in [9.17, 15) is 0 Å². The number of nitrogens with zero attached hydrogens (tertiary/aromatic N) is 2. The van der Waals surface area contributed by atoms with Crippen molar-refractivity contribution in [3.05, 3.63) is 299 Å². The van der Waals surface area contributed by atoms with E-state index in [0.29, 0.717) is 0 Å². The Morgan fingerprint density at radius 1 is 0.451 bits per heavy atom. The van der Waals surface area contributed by atoms with Gasteiger partial charge >= 0.3 is 0 Å². The molecule has 2 heteroatoms. The predicted octanol–water partition coefficient (Wildman–Crippen LogP) is 18.5. The lowest BCUT2D eigenvalue weighted by Gasteiger charge is -2.33. The predicted molar refractivity (Wildman–Crippen MR) is 304 cm³/mol. The number of benzene rings is 9. The van der Waals surface area contributed by atoms with Crippen molar-refractivity contribution in [2.24, 2.45) is 0 Å². The largest absolute Gasteiger partial charge is 0.313 e. The van der Waals surface area contributed by atoms with Crippen LogP contribution in [0.3, 0.4) is 0 Å². The number of rotatable bonds is 8. The van der Waals surface area contributed by atoms with E-state index in [0.717, 1.165) is 29.7 Å². The SMILES string of the molecule is C=C/C=C\C=C\C1(c2ccccc2)c2cc(/C=C/c3ccc4c(ccc5cc(N6c7ccccc7C=Cc7ccccc76)ccc54)c3)ccc2-c2ccc(N3C4=C(C=CCC4)C=Cc4ccccc43)cc21. The molecule has 0 amide bonds. The van der Waals surface area contributed by atoms with Crippen molar-refractivity contribution in [3.8, 4) is 11.1 Å². The number of hydrogen-bond donors (Lipinski definition) is 0. The van der Waals surface area contributed by atoms with Crippen LogP contribution in [-0.2, 0) is 5.41 Å². The quantitative estimate of drug-likeness (QED) is 0.0851. The summed E-state index contributed by atoms with van der Waals surface area (Å²) in [5, 5.41) is 4.93. The molecule has 71 heavy (non-hydrogen) atoms. The fourth-order valence-corrected chi connectivity index (χ4v) is 11.5. The lowest BCUT2D eigenvalue weighted by molar-refractivity contribution is 0.803. The third-order valence-electron chi connectivity index (χ3n) is 14.8. The smallest absolute Gasteiger partial charge is 0.0648 e. The summed E-state index contributed by atoms with van der Waals surface area (Å²) in [4.78, 5) is 4.91. The molecule has 0 spiro atoms. The molecule has 0 saturated carbocycles. The summed E-state index contributed by atoms with van der Waals surface area (Å²) >= 11 is 0. The molecule has 4 aliphatic rings. The first-order valence-electron chi connectivity index (χ1n) is 24.7. The molecule has 9 aromatic carbocycles. The third kappa shape index (κ3) is 7.18. The van der Waals surface area contributed by atoms with Gasteiger partial charge in [-0.25, -0.2) is 0 Å². The van der Waals surface area contributed by atoms with Gasteiger partial charge in [-0.2, -0.15) is 0 Å². The van der Waals surface area contributed by atoms with Gasteiger partial charge in [0.25, 0.3) is 0 Å². The van der Waals surface area contributed by atoms with Crippen molar-refractivity contribution in [3.63, 3.8) is 0 Å². The minimum Gasteiger partial charge on any atom is -0.313 e. The van der Waals surface area contributed by atoms with Crippen LogP contribution < -0.4 is 9.80 Å². The molecule has 1 atom stereocenters. The number of allylic oxidation sites excluding steroid dienone is 10. The zero-order valence-electron chi connectivity index (χ0n) is 39.4. The monoisotopic (exact) mass is 906 g/mol. The van der Waals surface area contributed by atoms with Gasteiger partial charge in [-0.05, 0) is 150 Å². The summed E-state index contributed by atoms with van der Waals surface area (Å²) in [6.07, 6.45) is 30.7.